The van der Waals surface area contributed by atoms with Crippen LogP contribution in [0.25, 0.3) is 0 Å². The zero-order valence-corrected chi connectivity index (χ0v) is 12.7. The molecule has 1 aliphatic heterocycles. The quantitative estimate of drug-likeness (QED) is 0.623. The summed E-state index contributed by atoms with van der Waals surface area (Å²) < 4.78 is 0. The van der Waals surface area contributed by atoms with Crippen LogP contribution < -0.4 is 21.7 Å². The molecule has 1 fully saturated rings. The van der Waals surface area contributed by atoms with E-state index in [1.165, 1.54) is 18.4 Å². The molecule has 0 atom stereocenters. The Morgan fingerprint density at radius 1 is 1.43 bits per heavy atom. The summed E-state index contributed by atoms with van der Waals surface area (Å²) >= 11 is 1.19. The number of nitrogens with zero attached hydrogens (tertiary/aromatic N) is 1. The van der Waals surface area contributed by atoms with Crippen LogP contribution in [-0.2, 0) is 0 Å². The highest BCUT2D eigenvalue weighted by atomic mass is 32.1. The first-order valence-corrected chi connectivity index (χ1v) is 7.61. The summed E-state index contributed by atoms with van der Waals surface area (Å²) in [5.74, 6) is -0.663. The Balaban J connectivity index is 2.34. The van der Waals surface area contributed by atoms with Crippen molar-refractivity contribution >= 4 is 33.8 Å². The lowest BCUT2D eigenvalue weighted by atomic mass is 9.98. The fourth-order valence-electron chi connectivity index (χ4n) is 2.49. The average molecular weight is 312 g/mol. The highest BCUT2D eigenvalue weighted by molar-refractivity contribution is 7.19. The maximum Gasteiger partial charge on any atom is 0.263 e. The van der Waals surface area contributed by atoms with Gasteiger partial charge in [0.15, 0.2) is 0 Å². The van der Waals surface area contributed by atoms with Gasteiger partial charge in [-0.05, 0) is 18.8 Å². The summed E-state index contributed by atoms with van der Waals surface area (Å²) in [4.78, 5) is 25.8. The molecule has 0 aliphatic carbocycles. The van der Waals surface area contributed by atoms with E-state index in [1.54, 1.807) is 0 Å². The fraction of sp³-hybridized carbons (Fsp3) is 0.538. The van der Waals surface area contributed by atoms with Crippen molar-refractivity contribution in [1.29, 1.82) is 0 Å². The number of rotatable bonds is 4. The first-order chi connectivity index (χ1) is 9.99. The predicted molar refractivity (Wildman–Crippen MR) is 82.7 cm³/mol. The van der Waals surface area contributed by atoms with E-state index in [0.717, 1.165) is 12.8 Å². The molecular weight excluding hydrogens is 292 g/mol. The van der Waals surface area contributed by atoms with E-state index >= 15 is 0 Å². The number of amides is 2. The summed E-state index contributed by atoms with van der Waals surface area (Å²) in [6.45, 7) is 1.59. The van der Waals surface area contributed by atoms with Gasteiger partial charge in [0.2, 0.25) is 0 Å². The van der Waals surface area contributed by atoms with Gasteiger partial charge in [-0.1, -0.05) is 0 Å². The molecule has 1 aliphatic rings. The van der Waals surface area contributed by atoms with Gasteiger partial charge in [0, 0.05) is 26.7 Å². The Morgan fingerprint density at radius 3 is 2.52 bits per heavy atom. The fourth-order valence-corrected chi connectivity index (χ4v) is 3.72. The van der Waals surface area contributed by atoms with Gasteiger partial charge >= 0.3 is 0 Å². The Labute approximate surface area is 126 Å². The van der Waals surface area contributed by atoms with Crippen molar-refractivity contribution in [3.8, 4) is 0 Å². The minimum absolute atomic E-state index is 0.145. The third kappa shape index (κ3) is 2.96. The number of piperidine rings is 1. The largest absolute Gasteiger partial charge is 0.397 e. The van der Waals surface area contributed by atoms with Gasteiger partial charge in [-0.15, -0.1) is 11.3 Å². The second-order valence-corrected chi connectivity index (χ2v) is 6.08. The molecule has 2 amide bonds. The lowest BCUT2D eigenvalue weighted by molar-refractivity contribution is 0.0967. The van der Waals surface area contributed by atoms with Crippen LogP contribution in [0.5, 0.6) is 0 Å². The van der Waals surface area contributed by atoms with Gasteiger partial charge in [0.1, 0.15) is 9.88 Å². The average Bonchev–Trinajstić information content (AvgIpc) is 2.84. The minimum Gasteiger partial charge on any atom is -0.397 e. The van der Waals surface area contributed by atoms with E-state index in [9.17, 15) is 14.7 Å². The molecule has 8 heteroatoms. The molecule has 0 bridgehead atoms. The molecule has 0 radical (unpaired) electrons. The van der Waals surface area contributed by atoms with E-state index < -0.39 is 5.91 Å². The van der Waals surface area contributed by atoms with Crippen LogP contribution in [0.15, 0.2) is 0 Å². The minimum atomic E-state index is -0.627. The molecule has 2 heterocycles. The standard InChI is InChI=1S/C13H20N4O3S/c1-16-12(20)10-9(14)8(11(15)19)13(21-10)17-4-2-7(6-18)3-5-17/h7,18H,2-6,14H2,1H3,(H2,15,19)(H,16,20). The predicted octanol–water partition coefficient (Wildman–Crippen LogP) is -0.00250. The van der Waals surface area contributed by atoms with Crippen molar-refractivity contribution in [2.45, 2.75) is 12.8 Å². The summed E-state index contributed by atoms with van der Waals surface area (Å²) in [6, 6.07) is 0. The van der Waals surface area contributed by atoms with Crippen molar-refractivity contribution in [3.05, 3.63) is 10.4 Å². The maximum absolute atomic E-state index is 11.8. The SMILES string of the molecule is CNC(=O)c1sc(N2CCC(CO)CC2)c(C(N)=O)c1N. The van der Waals surface area contributed by atoms with Crippen molar-refractivity contribution in [2.75, 3.05) is 37.4 Å². The summed E-state index contributed by atoms with van der Waals surface area (Å²) in [5.41, 5.74) is 11.7. The monoisotopic (exact) mass is 312 g/mol. The summed E-state index contributed by atoms with van der Waals surface area (Å²) in [5, 5.41) is 12.3. The molecule has 116 valence electrons. The lowest BCUT2D eigenvalue weighted by Gasteiger charge is -2.32. The number of aliphatic hydroxyl groups is 1. The number of carbonyl (C=O) groups excluding carboxylic acids is 2. The number of aliphatic hydroxyl groups excluding tert-OH is 1. The van der Waals surface area contributed by atoms with Gasteiger partial charge in [0.05, 0.1) is 11.3 Å². The van der Waals surface area contributed by atoms with Crippen LogP contribution in [0.2, 0.25) is 0 Å². The number of nitrogens with two attached hydrogens (primary N) is 2. The van der Waals surface area contributed by atoms with Crippen molar-refractivity contribution in [1.82, 2.24) is 5.32 Å². The van der Waals surface area contributed by atoms with E-state index in [2.05, 4.69) is 5.32 Å². The first kappa shape index (κ1) is 15.6. The number of anilines is 2. The second-order valence-electron chi connectivity index (χ2n) is 5.08. The summed E-state index contributed by atoms with van der Waals surface area (Å²) in [6.07, 6.45) is 1.67. The van der Waals surface area contributed by atoms with Gasteiger partial charge < -0.3 is 26.8 Å². The van der Waals surface area contributed by atoms with Crippen LogP contribution in [-0.4, -0.2) is 43.7 Å². The maximum atomic E-state index is 11.8. The smallest absolute Gasteiger partial charge is 0.263 e. The molecule has 1 aromatic heterocycles. The third-order valence-corrected chi connectivity index (χ3v) is 5.03. The molecular formula is C13H20N4O3S. The van der Waals surface area contributed by atoms with Gasteiger partial charge in [0.25, 0.3) is 11.8 Å². The van der Waals surface area contributed by atoms with E-state index in [1.807, 2.05) is 4.90 Å². The highest BCUT2D eigenvalue weighted by Gasteiger charge is 2.29. The van der Waals surface area contributed by atoms with E-state index in [0.29, 0.717) is 23.0 Å². The Bertz CT molecular complexity index is 550. The highest BCUT2D eigenvalue weighted by Crippen LogP contribution is 2.39. The van der Waals surface area contributed by atoms with Gasteiger partial charge in [-0.3, -0.25) is 9.59 Å². The number of hydrogen-bond donors (Lipinski definition) is 4. The molecule has 0 unspecified atom stereocenters. The number of carbonyl (C=O) groups is 2. The zero-order chi connectivity index (χ0) is 15.6. The van der Waals surface area contributed by atoms with Gasteiger partial charge in [-0.2, -0.15) is 0 Å². The van der Waals surface area contributed by atoms with Crippen LogP contribution in [0.3, 0.4) is 0 Å². The molecule has 6 N–H and O–H groups in total. The number of thiophene rings is 1. The van der Waals surface area contributed by atoms with Crippen molar-refractivity contribution in [3.63, 3.8) is 0 Å². The number of nitrogens with one attached hydrogen (secondary N) is 1. The molecule has 21 heavy (non-hydrogen) atoms. The first-order valence-electron chi connectivity index (χ1n) is 6.79. The van der Waals surface area contributed by atoms with Crippen molar-refractivity contribution in [2.24, 2.45) is 11.7 Å². The number of nitrogen functional groups attached to an aromatic ring is 1. The summed E-state index contributed by atoms with van der Waals surface area (Å²) in [7, 11) is 1.51. The van der Waals surface area contributed by atoms with E-state index in [-0.39, 0.29) is 29.7 Å². The molecule has 1 aromatic rings. The third-order valence-electron chi connectivity index (χ3n) is 3.77. The van der Waals surface area contributed by atoms with Gasteiger partial charge in [-0.25, -0.2) is 0 Å². The molecule has 0 aromatic carbocycles. The Hall–Kier alpha value is -1.80. The molecule has 0 saturated carbocycles. The lowest BCUT2D eigenvalue weighted by Crippen LogP contribution is -2.35. The molecule has 2 rings (SSSR count). The topological polar surface area (TPSA) is 122 Å². The zero-order valence-electron chi connectivity index (χ0n) is 11.9. The van der Waals surface area contributed by atoms with Crippen LogP contribution in [0.1, 0.15) is 32.9 Å². The van der Waals surface area contributed by atoms with E-state index in [4.69, 9.17) is 11.5 Å². The Morgan fingerprint density at radius 2 is 2.05 bits per heavy atom. The second kappa shape index (κ2) is 6.31. The number of primary amides is 1. The molecule has 1 saturated heterocycles. The van der Waals surface area contributed by atoms with Crippen LogP contribution >= 0.6 is 11.3 Å². The molecule has 7 nitrogen and oxygen atoms in total. The Kier molecular flexibility index (Phi) is 4.69. The van der Waals surface area contributed by atoms with Crippen molar-refractivity contribution < 1.29 is 14.7 Å². The molecule has 0 spiro atoms. The van der Waals surface area contributed by atoms with Crippen LogP contribution in [0, 0.1) is 5.92 Å². The van der Waals surface area contributed by atoms with Crippen LogP contribution in [0.4, 0.5) is 10.7 Å². The normalized spacial score (nSPS) is 16.0. The number of hydrogen-bond acceptors (Lipinski definition) is 6.